The normalized spacial score (nSPS) is 10.4. The smallest absolute Gasteiger partial charge is 0.313 e. The van der Waals surface area contributed by atoms with E-state index in [2.05, 4.69) is 15.5 Å². The molecule has 0 bridgehead atoms. The fraction of sp³-hybridized carbons (Fsp3) is 0.273. The molecule has 0 unspecified atom stereocenters. The predicted molar refractivity (Wildman–Crippen MR) is 71.8 cm³/mol. The fourth-order valence-corrected chi connectivity index (χ4v) is 2.17. The number of thioether (sulfide) groups is 1. The highest BCUT2D eigenvalue weighted by atomic mass is 32.2. The molecule has 19 heavy (non-hydrogen) atoms. The van der Waals surface area contributed by atoms with Gasteiger partial charge in [0.25, 0.3) is 0 Å². The third-order valence-electron chi connectivity index (χ3n) is 2.36. The lowest BCUT2D eigenvalue weighted by Gasteiger charge is -2.17. The van der Waals surface area contributed by atoms with Crippen LogP contribution in [0.3, 0.4) is 0 Å². The van der Waals surface area contributed by atoms with Crippen molar-refractivity contribution in [1.29, 1.82) is 0 Å². The summed E-state index contributed by atoms with van der Waals surface area (Å²) in [7, 11) is 3.85. The zero-order chi connectivity index (χ0) is 13.8. The SMILES string of the molecule is CN(C)c1ccccc1-n1nnnc1SCC(=O)O. The minimum Gasteiger partial charge on any atom is -0.481 e. The van der Waals surface area contributed by atoms with Crippen LogP contribution in [0.4, 0.5) is 5.69 Å². The number of carbonyl (C=O) groups is 1. The predicted octanol–water partition coefficient (Wildman–Crippen LogP) is 0.905. The van der Waals surface area contributed by atoms with E-state index >= 15 is 0 Å². The summed E-state index contributed by atoms with van der Waals surface area (Å²) in [4.78, 5) is 12.6. The molecule has 2 rings (SSSR count). The van der Waals surface area contributed by atoms with E-state index in [1.54, 1.807) is 4.68 Å². The van der Waals surface area contributed by atoms with Crippen LogP contribution < -0.4 is 4.90 Å². The Morgan fingerprint density at radius 2 is 2.16 bits per heavy atom. The zero-order valence-corrected chi connectivity index (χ0v) is 11.3. The van der Waals surface area contributed by atoms with Crippen molar-refractivity contribution in [3.63, 3.8) is 0 Å². The van der Waals surface area contributed by atoms with Gasteiger partial charge in [-0.15, -0.1) is 5.10 Å². The largest absolute Gasteiger partial charge is 0.481 e. The molecular formula is C11H13N5O2S. The van der Waals surface area contributed by atoms with E-state index in [1.807, 2.05) is 43.3 Å². The highest BCUT2D eigenvalue weighted by Gasteiger charge is 2.14. The molecule has 100 valence electrons. The Morgan fingerprint density at radius 3 is 2.84 bits per heavy atom. The number of carboxylic acid groups (broad SMARTS) is 1. The Hall–Kier alpha value is -2.09. The minimum atomic E-state index is -0.902. The number of aliphatic carboxylic acids is 1. The van der Waals surface area contributed by atoms with Crippen LogP contribution in [0.2, 0.25) is 0 Å². The van der Waals surface area contributed by atoms with Crippen LogP contribution in [0, 0.1) is 0 Å². The first kappa shape index (κ1) is 13.3. The van der Waals surface area contributed by atoms with Crippen molar-refractivity contribution in [1.82, 2.24) is 20.2 Å². The summed E-state index contributed by atoms with van der Waals surface area (Å²) >= 11 is 1.09. The molecule has 7 nitrogen and oxygen atoms in total. The van der Waals surface area contributed by atoms with Gasteiger partial charge in [-0.1, -0.05) is 23.9 Å². The van der Waals surface area contributed by atoms with Crippen LogP contribution in [0.25, 0.3) is 5.69 Å². The molecule has 0 saturated heterocycles. The van der Waals surface area contributed by atoms with Crippen LogP contribution >= 0.6 is 11.8 Å². The third kappa shape index (κ3) is 3.02. The molecule has 0 saturated carbocycles. The lowest BCUT2D eigenvalue weighted by atomic mass is 10.2. The van der Waals surface area contributed by atoms with Crippen molar-refractivity contribution >= 4 is 23.4 Å². The average Bonchev–Trinajstić information content (AvgIpc) is 2.84. The average molecular weight is 279 g/mol. The number of rotatable bonds is 5. The lowest BCUT2D eigenvalue weighted by Crippen LogP contribution is -2.13. The maximum atomic E-state index is 10.6. The summed E-state index contributed by atoms with van der Waals surface area (Å²) in [5.74, 6) is -0.981. The number of anilines is 1. The molecule has 0 aliphatic rings. The minimum absolute atomic E-state index is 0.0789. The summed E-state index contributed by atoms with van der Waals surface area (Å²) in [6.07, 6.45) is 0. The van der Waals surface area contributed by atoms with E-state index in [-0.39, 0.29) is 5.75 Å². The van der Waals surface area contributed by atoms with Crippen molar-refractivity contribution in [2.24, 2.45) is 0 Å². The Kier molecular flexibility index (Phi) is 4.00. The fourth-order valence-electron chi connectivity index (χ4n) is 1.57. The highest BCUT2D eigenvalue weighted by Crippen LogP contribution is 2.25. The van der Waals surface area contributed by atoms with Crippen molar-refractivity contribution in [2.45, 2.75) is 5.16 Å². The van der Waals surface area contributed by atoms with Gasteiger partial charge in [0.1, 0.15) is 0 Å². The van der Waals surface area contributed by atoms with Gasteiger partial charge < -0.3 is 10.0 Å². The first-order valence-electron chi connectivity index (χ1n) is 5.49. The maximum Gasteiger partial charge on any atom is 0.313 e. The second-order valence-corrected chi connectivity index (χ2v) is 4.88. The van der Waals surface area contributed by atoms with Gasteiger partial charge >= 0.3 is 5.97 Å². The highest BCUT2D eigenvalue weighted by molar-refractivity contribution is 7.99. The number of hydrogen-bond donors (Lipinski definition) is 1. The Bertz CT molecular complexity index is 584. The maximum absolute atomic E-state index is 10.6. The van der Waals surface area contributed by atoms with Crippen LogP contribution in [0.1, 0.15) is 0 Å². The molecule has 0 atom stereocenters. The number of nitrogens with zero attached hydrogens (tertiary/aromatic N) is 5. The van der Waals surface area contributed by atoms with Crippen molar-refractivity contribution in [3.05, 3.63) is 24.3 Å². The van der Waals surface area contributed by atoms with E-state index in [0.717, 1.165) is 23.1 Å². The molecule has 1 N–H and O–H groups in total. The molecule has 2 aromatic rings. The Labute approximate surface area is 114 Å². The summed E-state index contributed by atoms with van der Waals surface area (Å²) in [5, 5.41) is 20.5. The van der Waals surface area contributed by atoms with E-state index in [9.17, 15) is 4.79 Å². The number of para-hydroxylation sites is 2. The molecule has 1 heterocycles. The molecule has 8 heteroatoms. The summed E-state index contributed by atoms with van der Waals surface area (Å²) < 4.78 is 1.54. The molecule has 1 aromatic heterocycles. The summed E-state index contributed by atoms with van der Waals surface area (Å²) in [6.45, 7) is 0. The number of benzene rings is 1. The second kappa shape index (κ2) is 5.70. The molecule has 0 radical (unpaired) electrons. The molecule has 0 amide bonds. The van der Waals surface area contributed by atoms with Crippen LogP contribution in [-0.4, -0.2) is 51.1 Å². The Balaban J connectivity index is 2.37. The van der Waals surface area contributed by atoms with Gasteiger partial charge in [0, 0.05) is 14.1 Å². The van der Waals surface area contributed by atoms with Gasteiger partial charge in [0.2, 0.25) is 5.16 Å². The Morgan fingerprint density at radius 1 is 1.42 bits per heavy atom. The third-order valence-corrected chi connectivity index (χ3v) is 3.26. The number of hydrogen-bond acceptors (Lipinski definition) is 6. The topological polar surface area (TPSA) is 84.1 Å². The van der Waals surface area contributed by atoms with Gasteiger partial charge in [0.05, 0.1) is 17.1 Å². The summed E-state index contributed by atoms with van der Waals surface area (Å²) in [6, 6.07) is 7.64. The van der Waals surface area contributed by atoms with Crippen molar-refractivity contribution in [3.8, 4) is 5.69 Å². The van der Waals surface area contributed by atoms with Gasteiger partial charge in [-0.25, -0.2) is 0 Å². The second-order valence-electron chi connectivity index (χ2n) is 3.94. The van der Waals surface area contributed by atoms with E-state index < -0.39 is 5.97 Å². The monoisotopic (exact) mass is 279 g/mol. The summed E-state index contributed by atoms with van der Waals surface area (Å²) in [5.41, 5.74) is 1.76. The molecule has 0 aliphatic heterocycles. The number of carboxylic acids is 1. The van der Waals surface area contributed by atoms with E-state index in [4.69, 9.17) is 5.11 Å². The number of tetrazole rings is 1. The van der Waals surface area contributed by atoms with Gasteiger partial charge in [0.15, 0.2) is 0 Å². The molecular weight excluding hydrogens is 266 g/mol. The van der Waals surface area contributed by atoms with Gasteiger partial charge in [-0.2, -0.15) is 4.68 Å². The first-order valence-corrected chi connectivity index (χ1v) is 6.48. The van der Waals surface area contributed by atoms with Crippen LogP contribution in [0.5, 0.6) is 0 Å². The molecule has 0 aliphatic carbocycles. The van der Waals surface area contributed by atoms with Crippen molar-refractivity contribution in [2.75, 3.05) is 24.7 Å². The number of aromatic nitrogens is 4. The molecule has 1 aromatic carbocycles. The first-order chi connectivity index (χ1) is 9.09. The van der Waals surface area contributed by atoms with E-state index in [0.29, 0.717) is 5.16 Å². The van der Waals surface area contributed by atoms with Crippen LogP contribution in [-0.2, 0) is 4.79 Å². The van der Waals surface area contributed by atoms with E-state index in [1.165, 1.54) is 0 Å². The van der Waals surface area contributed by atoms with Crippen molar-refractivity contribution < 1.29 is 9.90 Å². The standard InChI is InChI=1S/C11H13N5O2S/c1-15(2)8-5-3-4-6-9(8)16-11(12-13-14-16)19-7-10(17)18/h3-6H,7H2,1-2H3,(H,17,18). The van der Waals surface area contributed by atoms with Gasteiger partial charge in [-0.05, 0) is 22.6 Å². The zero-order valence-electron chi connectivity index (χ0n) is 10.5. The molecule has 0 spiro atoms. The quantitative estimate of drug-likeness (QED) is 0.814. The van der Waals surface area contributed by atoms with Gasteiger partial charge in [-0.3, -0.25) is 4.79 Å². The van der Waals surface area contributed by atoms with Crippen LogP contribution in [0.15, 0.2) is 29.4 Å². The molecule has 0 fully saturated rings. The lowest BCUT2D eigenvalue weighted by molar-refractivity contribution is -0.133.